The molecule has 0 bridgehead atoms. The Morgan fingerprint density at radius 2 is 1.84 bits per heavy atom. The maximum atomic E-state index is 13.1. The molecule has 1 saturated heterocycles. The van der Waals surface area contributed by atoms with Crippen LogP contribution in [0.2, 0.25) is 5.02 Å². The number of carbonyl (C=O) groups excluding carboxylic acids is 1. The molecule has 1 aliphatic heterocycles. The number of benzene rings is 2. The first-order chi connectivity index (χ1) is 11.9. The van der Waals surface area contributed by atoms with Gasteiger partial charge in [0.15, 0.2) is 5.60 Å². The quantitative estimate of drug-likeness (QED) is 0.625. The van der Waals surface area contributed by atoms with Crippen LogP contribution in [0.3, 0.4) is 0 Å². The van der Waals surface area contributed by atoms with Crippen molar-refractivity contribution in [3.63, 3.8) is 0 Å². The molecule has 25 heavy (non-hydrogen) atoms. The van der Waals surface area contributed by atoms with Crippen LogP contribution in [0.4, 0.5) is 0 Å². The summed E-state index contributed by atoms with van der Waals surface area (Å²) in [6, 6.07) is 15.2. The smallest absolute Gasteiger partial charge is 0.267 e. The summed E-state index contributed by atoms with van der Waals surface area (Å²) in [4.78, 5) is 15.0. The molecular formula is C19H19BrClNO2S. The fraction of sp³-hybridized carbons (Fsp3) is 0.316. The molecule has 0 radical (unpaired) electrons. The van der Waals surface area contributed by atoms with Crippen LogP contribution in [0, 0.1) is 0 Å². The van der Waals surface area contributed by atoms with Gasteiger partial charge in [-0.1, -0.05) is 39.7 Å². The average Bonchev–Trinajstić information content (AvgIpc) is 3.06. The number of thioether (sulfide) groups is 1. The molecule has 1 aliphatic rings. The maximum Gasteiger partial charge on any atom is 0.267 e. The Labute approximate surface area is 165 Å². The highest BCUT2D eigenvalue weighted by molar-refractivity contribution is 9.10. The fourth-order valence-electron chi connectivity index (χ4n) is 2.77. The minimum atomic E-state index is -0.952. The van der Waals surface area contributed by atoms with E-state index in [0.717, 1.165) is 22.3 Å². The zero-order valence-electron chi connectivity index (χ0n) is 14.0. The van der Waals surface area contributed by atoms with Crippen molar-refractivity contribution in [3.8, 4) is 5.75 Å². The molecule has 2 aromatic rings. The van der Waals surface area contributed by atoms with Crippen LogP contribution in [0.15, 0.2) is 53.0 Å². The molecule has 0 N–H and O–H groups in total. The summed E-state index contributed by atoms with van der Waals surface area (Å²) in [7, 11) is 0. The molecule has 1 fully saturated rings. The van der Waals surface area contributed by atoms with E-state index in [1.807, 2.05) is 30.9 Å². The van der Waals surface area contributed by atoms with Gasteiger partial charge in [0.1, 0.15) is 11.1 Å². The number of nitrogens with zero attached hydrogens (tertiary/aromatic N) is 1. The second-order valence-electron chi connectivity index (χ2n) is 6.34. The number of halogens is 2. The summed E-state index contributed by atoms with van der Waals surface area (Å²) in [6.45, 7) is 4.34. The van der Waals surface area contributed by atoms with E-state index in [-0.39, 0.29) is 11.3 Å². The average molecular weight is 441 g/mol. The molecule has 6 heteroatoms. The van der Waals surface area contributed by atoms with E-state index in [9.17, 15) is 4.79 Å². The van der Waals surface area contributed by atoms with Crippen LogP contribution in [0.25, 0.3) is 0 Å². The molecule has 132 valence electrons. The van der Waals surface area contributed by atoms with Crippen molar-refractivity contribution in [2.45, 2.75) is 24.8 Å². The number of hydrogen-bond donors (Lipinski definition) is 0. The molecule has 1 unspecified atom stereocenters. The van der Waals surface area contributed by atoms with Gasteiger partial charge in [0.05, 0.1) is 0 Å². The summed E-state index contributed by atoms with van der Waals surface area (Å²) >= 11 is 11.1. The summed E-state index contributed by atoms with van der Waals surface area (Å²) in [5.41, 5.74) is 0.174. The first-order valence-electron chi connectivity index (χ1n) is 7.99. The van der Waals surface area contributed by atoms with E-state index < -0.39 is 5.60 Å². The van der Waals surface area contributed by atoms with Crippen molar-refractivity contribution in [1.29, 1.82) is 0 Å². The van der Waals surface area contributed by atoms with Gasteiger partial charge in [-0.05, 0) is 55.8 Å². The fourth-order valence-corrected chi connectivity index (χ4v) is 4.41. The molecule has 1 heterocycles. The lowest BCUT2D eigenvalue weighted by Crippen LogP contribution is -2.48. The Morgan fingerprint density at radius 1 is 1.20 bits per heavy atom. The van der Waals surface area contributed by atoms with Crippen molar-refractivity contribution in [3.05, 3.63) is 63.6 Å². The summed E-state index contributed by atoms with van der Waals surface area (Å²) < 4.78 is 7.00. The van der Waals surface area contributed by atoms with Gasteiger partial charge in [0, 0.05) is 21.8 Å². The SMILES string of the molecule is CC(C)(Oc1ccc(Cl)cc1)C(=O)N1CCSC1c1ccc(Br)cc1. The Bertz CT molecular complexity index is 749. The minimum Gasteiger partial charge on any atom is -0.478 e. The van der Waals surface area contributed by atoms with Gasteiger partial charge in [-0.25, -0.2) is 0 Å². The lowest BCUT2D eigenvalue weighted by Gasteiger charge is -2.33. The normalized spacial score (nSPS) is 17.6. The molecule has 0 aliphatic carbocycles. The van der Waals surface area contributed by atoms with Crippen LogP contribution in [-0.2, 0) is 4.79 Å². The van der Waals surface area contributed by atoms with E-state index in [0.29, 0.717) is 10.8 Å². The topological polar surface area (TPSA) is 29.5 Å². The number of ether oxygens (including phenoxy) is 1. The second kappa shape index (κ2) is 7.60. The highest BCUT2D eigenvalue weighted by Crippen LogP contribution is 2.40. The Kier molecular flexibility index (Phi) is 5.66. The molecular weight excluding hydrogens is 422 g/mol. The van der Waals surface area contributed by atoms with Crippen LogP contribution >= 0.6 is 39.3 Å². The van der Waals surface area contributed by atoms with Gasteiger partial charge in [-0.2, -0.15) is 0 Å². The van der Waals surface area contributed by atoms with E-state index >= 15 is 0 Å². The number of amides is 1. The highest BCUT2D eigenvalue weighted by atomic mass is 79.9. The van der Waals surface area contributed by atoms with Gasteiger partial charge in [-0.15, -0.1) is 11.8 Å². The monoisotopic (exact) mass is 439 g/mol. The zero-order chi connectivity index (χ0) is 18.0. The molecule has 3 nitrogen and oxygen atoms in total. The van der Waals surface area contributed by atoms with Gasteiger partial charge < -0.3 is 9.64 Å². The van der Waals surface area contributed by atoms with Crippen molar-refractivity contribution in [2.24, 2.45) is 0 Å². The van der Waals surface area contributed by atoms with Crippen LogP contribution < -0.4 is 4.74 Å². The Hall–Kier alpha value is -1.17. The van der Waals surface area contributed by atoms with Gasteiger partial charge in [0.2, 0.25) is 0 Å². The lowest BCUT2D eigenvalue weighted by molar-refractivity contribution is -0.145. The van der Waals surface area contributed by atoms with Gasteiger partial charge >= 0.3 is 0 Å². The summed E-state index contributed by atoms with van der Waals surface area (Å²) in [5.74, 6) is 1.54. The molecule has 0 saturated carbocycles. The molecule has 3 rings (SSSR count). The van der Waals surface area contributed by atoms with E-state index in [1.54, 1.807) is 36.0 Å². The third kappa shape index (κ3) is 4.33. The van der Waals surface area contributed by atoms with E-state index in [2.05, 4.69) is 28.1 Å². The Morgan fingerprint density at radius 3 is 2.48 bits per heavy atom. The minimum absolute atomic E-state index is 0.0135. The van der Waals surface area contributed by atoms with Crippen molar-refractivity contribution in [2.75, 3.05) is 12.3 Å². The molecule has 1 amide bonds. The zero-order valence-corrected chi connectivity index (χ0v) is 17.2. The van der Waals surface area contributed by atoms with Crippen molar-refractivity contribution in [1.82, 2.24) is 4.90 Å². The third-order valence-electron chi connectivity index (χ3n) is 4.01. The van der Waals surface area contributed by atoms with Gasteiger partial charge in [-0.3, -0.25) is 4.79 Å². The second-order valence-corrected chi connectivity index (χ2v) is 8.88. The molecule has 0 aromatic heterocycles. The first kappa shape index (κ1) is 18.6. The number of hydrogen-bond acceptors (Lipinski definition) is 3. The van der Waals surface area contributed by atoms with Gasteiger partial charge in [0.25, 0.3) is 5.91 Å². The van der Waals surface area contributed by atoms with Crippen molar-refractivity contribution < 1.29 is 9.53 Å². The maximum absolute atomic E-state index is 13.1. The van der Waals surface area contributed by atoms with Crippen LogP contribution in [-0.4, -0.2) is 28.7 Å². The molecule has 2 aromatic carbocycles. The largest absolute Gasteiger partial charge is 0.478 e. The first-order valence-corrected chi connectivity index (χ1v) is 10.2. The van der Waals surface area contributed by atoms with Crippen LogP contribution in [0.5, 0.6) is 5.75 Å². The standard InChI is InChI=1S/C19H19BrClNO2S/c1-19(2,24-16-9-7-15(21)8-10-16)18(23)22-11-12-25-17(22)13-3-5-14(20)6-4-13/h3-10,17H,11-12H2,1-2H3. The molecule has 0 spiro atoms. The lowest BCUT2D eigenvalue weighted by atomic mass is 10.1. The van der Waals surface area contributed by atoms with Crippen molar-refractivity contribution >= 4 is 45.2 Å². The summed E-state index contributed by atoms with van der Waals surface area (Å²) in [6.07, 6.45) is 0. The number of rotatable bonds is 4. The van der Waals surface area contributed by atoms with Crippen LogP contribution in [0.1, 0.15) is 24.8 Å². The highest BCUT2D eigenvalue weighted by Gasteiger charge is 2.40. The van der Waals surface area contributed by atoms with E-state index in [1.165, 1.54) is 0 Å². The Balaban J connectivity index is 1.77. The third-order valence-corrected chi connectivity index (χ3v) is 6.05. The molecule has 1 atom stereocenters. The predicted molar refractivity (Wildman–Crippen MR) is 107 cm³/mol. The number of carbonyl (C=O) groups is 1. The summed E-state index contributed by atoms with van der Waals surface area (Å²) in [5, 5.41) is 0.663. The van der Waals surface area contributed by atoms with E-state index in [4.69, 9.17) is 16.3 Å². The predicted octanol–water partition coefficient (Wildman–Crippen LogP) is 5.53.